The lowest BCUT2D eigenvalue weighted by Gasteiger charge is -2.16. The first kappa shape index (κ1) is 26.3. The SMILES string of the molecule is CCOc1cc(C=C2C(=O)NC(=O)NC2=O)ccc1OCc1ccc(OCc2ccccc2)c(OCC)c1. The van der Waals surface area contributed by atoms with Crippen LogP contribution in [0.15, 0.2) is 72.3 Å². The van der Waals surface area contributed by atoms with Gasteiger partial charge in [0.1, 0.15) is 18.8 Å². The van der Waals surface area contributed by atoms with E-state index in [2.05, 4.69) is 10.6 Å². The molecule has 1 saturated heterocycles. The number of urea groups is 1. The van der Waals surface area contributed by atoms with E-state index in [1.165, 1.54) is 6.08 Å². The van der Waals surface area contributed by atoms with Gasteiger partial charge in [-0.05, 0) is 60.9 Å². The molecule has 9 nitrogen and oxygen atoms in total. The summed E-state index contributed by atoms with van der Waals surface area (Å²) in [6.07, 6.45) is 1.38. The van der Waals surface area contributed by atoms with Crippen molar-refractivity contribution in [3.8, 4) is 23.0 Å². The molecule has 0 bridgehead atoms. The van der Waals surface area contributed by atoms with Crippen molar-refractivity contribution < 1.29 is 33.3 Å². The molecule has 2 N–H and O–H groups in total. The van der Waals surface area contributed by atoms with Crippen molar-refractivity contribution in [2.45, 2.75) is 27.1 Å². The van der Waals surface area contributed by atoms with E-state index in [-0.39, 0.29) is 12.2 Å². The number of nitrogens with one attached hydrogen (secondary N) is 2. The Morgan fingerprint density at radius 1 is 0.632 bits per heavy atom. The molecule has 3 aromatic carbocycles. The average molecular weight is 517 g/mol. The molecule has 0 atom stereocenters. The lowest BCUT2D eigenvalue weighted by molar-refractivity contribution is -0.123. The van der Waals surface area contributed by atoms with Gasteiger partial charge < -0.3 is 18.9 Å². The third kappa shape index (κ3) is 6.70. The van der Waals surface area contributed by atoms with Gasteiger partial charge >= 0.3 is 6.03 Å². The smallest absolute Gasteiger partial charge is 0.328 e. The number of carbonyl (C=O) groups is 3. The van der Waals surface area contributed by atoms with Gasteiger partial charge in [-0.15, -0.1) is 0 Å². The van der Waals surface area contributed by atoms with Crippen LogP contribution < -0.4 is 29.6 Å². The monoisotopic (exact) mass is 516 g/mol. The van der Waals surface area contributed by atoms with Crippen molar-refractivity contribution in [2.75, 3.05) is 13.2 Å². The molecule has 0 saturated carbocycles. The number of carbonyl (C=O) groups excluding carboxylic acids is 3. The fourth-order valence-corrected chi connectivity index (χ4v) is 3.70. The van der Waals surface area contributed by atoms with Crippen molar-refractivity contribution in [1.29, 1.82) is 0 Å². The van der Waals surface area contributed by atoms with Crippen LogP contribution in [0.2, 0.25) is 0 Å². The van der Waals surface area contributed by atoms with Crippen LogP contribution in [0.4, 0.5) is 4.79 Å². The minimum absolute atomic E-state index is 0.182. The molecule has 4 amide bonds. The van der Waals surface area contributed by atoms with Crippen LogP contribution in [0.5, 0.6) is 23.0 Å². The Kier molecular flexibility index (Phi) is 8.61. The van der Waals surface area contributed by atoms with Gasteiger partial charge in [-0.3, -0.25) is 20.2 Å². The first-order valence-corrected chi connectivity index (χ1v) is 12.2. The Hall–Kier alpha value is -4.79. The maximum absolute atomic E-state index is 12.0. The van der Waals surface area contributed by atoms with Crippen LogP contribution in [0.25, 0.3) is 6.08 Å². The number of imide groups is 2. The summed E-state index contributed by atoms with van der Waals surface area (Å²) in [7, 11) is 0. The highest BCUT2D eigenvalue weighted by Crippen LogP contribution is 2.33. The molecule has 4 rings (SSSR count). The number of hydrogen-bond acceptors (Lipinski definition) is 7. The second-order valence-corrected chi connectivity index (χ2v) is 8.21. The highest BCUT2D eigenvalue weighted by atomic mass is 16.5. The number of barbiturate groups is 1. The van der Waals surface area contributed by atoms with Crippen molar-refractivity contribution in [1.82, 2.24) is 10.6 Å². The normalized spacial score (nSPS) is 12.9. The van der Waals surface area contributed by atoms with Gasteiger partial charge in [0.2, 0.25) is 0 Å². The maximum Gasteiger partial charge on any atom is 0.328 e. The predicted molar refractivity (Wildman–Crippen MR) is 140 cm³/mol. The number of amides is 4. The topological polar surface area (TPSA) is 112 Å². The number of ether oxygens (including phenoxy) is 4. The molecule has 0 aromatic heterocycles. The molecule has 1 heterocycles. The number of hydrogen-bond donors (Lipinski definition) is 2. The summed E-state index contributed by atoms with van der Waals surface area (Å²) in [6, 6.07) is 19.7. The predicted octanol–water partition coefficient (Wildman–Crippen LogP) is 4.39. The molecular formula is C29H28N2O7. The molecule has 1 aliphatic heterocycles. The quantitative estimate of drug-likeness (QED) is 0.287. The highest BCUT2D eigenvalue weighted by molar-refractivity contribution is 6.31. The second-order valence-electron chi connectivity index (χ2n) is 8.21. The van der Waals surface area contributed by atoms with Crippen molar-refractivity contribution in [3.63, 3.8) is 0 Å². The van der Waals surface area contributed by atoms with Gasteiger partial charge in [0, 0.05) is 0 Å². The molecule has 1 fully saturated rings. The first-order chi connectivity index (χ1) is 18.5. The van der Waals surface area contributed by atoms with Gasteiger partial charge in [0.25, 0.3) is 11.8 Å². The summed E-state index contributed by atoms with van der Waals surface area (Å²) in [4.78, 5) is 35.3. The summed E-state index contributed by atoms with van der Waals surface area (Å²) in [5, 5.41) is 4.10. The molecular weight excluding hydrogens is 488 g/mol. The Morgan fingerprint density at radius 3 is 1.84 bits per heavy atom. The van der Waals surface area contributed by atoms with Gasteiger partial charge in [0.05, 0.1) is 13.2 Å². The van der Waals surface area contributed by atoms with Gasteiger partial charge in [-0.25, -0.2) is 4.79 Å². The fourth-order valence-electron chi connectivity index (χ4n) is 3.70. The Morgan fingerprint density at radius 2 is 1.21 bits per heavy atom. The first-order valence-electron chi connectivity index (χ1n) is 12.2. The molecule has 196 valence electrons. The van der Waals surface area contributed by atoms with E-state index >= 15 is 0 Å². The van der Waals surface area contributed by atoms with Crippen molar-refractivity contribution in [3.05, 3.63) is 89.0 Å². The van der Waals surface area contributed by atoms with E-state index in [9.17, 15) is 14.4 Å². The summed E-state index contributed by atoms with van der Waals surface area (Å²) in [6.45, 7) is 5.29. The largest absolute Gasteiger partial charge is 0.490 e. The number of rotatable bonds is 11. The van der Waals surface area contributed by atoms with E-state index in [0.29, 0.717) is 48.4 Å². The summed E-state index contributed by atoms with van der Waals surface area (Å²) in [5.41, 5.74) is 2.28. The summed E-state index contributed by atoms with van der Waals surface area (Å²) < 4.78 is 23.5. The third-order valence-electron chi connectivity index (χ3n) is 5.46. The van der Waals surface area contributed by atoms with Gasteiger partial charge in [-0.1, -0.05) is 42.5 Å². The van der Waals surface area contributed by atoms with E-state index in [1.807, 2.05) is 62.4 Å². The molecule has 0 radical (unpaired) electrons. The maximum atomic E-state index is 12.0. The summed E-state index contributed by atoms with van der Waals surface area (Å²) >= 11 is 0. The number of benzene rings is 3. The fraction of sp³-hybridized carbons (Fsp3) is 0.207. The van der Waals surface area contributed by atoms with Gasteiger partial charge in [-0.2, -0.15) is 0 Å². The third-order valence-corrected chi connectivity index (χ3v) is 5.46. The summed E-state index contributed by atoms with van der Waals surface area (Å²) in [5.74, 6) is 0.673. The molecule has 0 aliphatic carbocycles. The second kappa shape index (κ2) is 12.4. The Bertz CT molecular complexity index is 1330. The van der Waals surface area contributed by atoms with Crippen LogP contribution in [-0.2, 0) is 22.8 Å². The van der Waals surface area contributed by atoms with Crippen LogP contribution in [0.1, 0.15) is 30.5 Å². The minimum Gasteiger partial charge on any atom is -0.490 e. The average Bonchev–Trinajstić information content (AvgIpc) is 2.90. The molecule has 3 aromatic rings. The minimum atomic E-state index is -0.848. The lowest BCUT2D eigenvalue weighted by atomic mass is 10.1. The van der Waals surface area contributed by atoms with Crippen molar-refractivity contribution >= 4 is 23.9 Å². The standard InChI is InChI=1S/C29H28N2O7/c1-3-35-25-15-20(14-22-27(32)30-29(34)31-28(22)33)10-12-23(25)38-18-21-11-13-24(26(16-21)36-4-2)37-17-19-8-6-5-7-9-19/h5-16H,3-4,17-18H2,1-2H3,(H2,30,31,32,33,34). The van der Waals surface area contributed by atoms with Crippen LogP contribution >= 0.6 is 0 Å². The molecule has 0 spiro atoms. The van der Waals surface area contributed by atoms with Crippen LogP contribution in [0, 0.1) is 0 Å². The molecule has 9 heteroatoms. The van der Waals surface area contributed by atoms with Gasteiger partial charge in [0.15, 0.2) is 23.0 Å². The zero-order chi connectivity index (χ0) is 26.9. The van der Waals surface area contributed by atoms with E-state index in [1.54, 1.807) is 18.2 Å². The zero-order valence-electron chi connectivity index (χ0n) is 21.1. The molecule has 0 unspecified atom stereocenters. The molecule has 38 heavy (non-hydrogen) atoms. The molecule has 1 aliphatic rings. The van der Waals surface area contributed by atoms with Crippen molar-refractivity contribution in [2.24, 2.45) is 0 Å². The Labute approximate surface area is 220 Å². The van der Waals surface area contributed by atoms with Crippen LogP contribution in [-0.4, -0.2) is 31.1 Å². The van der Waals surface area contributed by atoms with Crippen LogP contribution in [0.3, 0.4) is 0 Å². The Balaban J connectivity index is 1.48. The van der Waals surface area contributed by atoms with E-state index in [4.69, 9.17) is 18.9 Å². The van der Waals surface area contributed by atoms with E-state index in [0.717, 1.165) is 11.1 Å². The highest BCUT2D eigenvalue weighted by Gasteiger charge is 2.27. The zero-order valence-corrected chi connectivity index (χ0v) is 21.1. The lowest BCUT2D eigenvalue weighted by Crippen LogP contribution is -2.51. The van der Waals surface area contributed by atoms with E-state index < -0.39 is 17.8 Å².